The van der Waals surface area contributed by atoms with E-state index in [0.717, 1.165) is 24.5 Å². The summed E-state index contributed by atoms with van der Waals surface area (Å²) in [7, 11) is 0. The molecule has 3 nitrogen and oxygen atoms in total. The zero-order valence-electron chi connectivity index (χ0n) is 12.0. The fourth-order valence-electron chi connectivity index (χ4n) is 2.93. The minimum Gasteiger partial charge on any atom is -0.297 e. The van der Waals surface area contributed by atoms with Crippen LogP contribution < -0.4 is 0 Å². The predicted octanol–water partition coefficient (Wildman–Crippen LogP) is 3.16. The number of piperidine rings is 1. The van der Waals surface area contributed by atoms with Crippen molar-refractivity contribution in [2.24, 2.45) is 0 Å². The molecule has 20 heavy (non-hydrogen) atoms. The topological polar surface area (TPSA) is 29.0 Å². The summed E-state index contributed by atoms with van der Waals surface area (Å²) >= 11 is 0. The van der Waals surface area contributed by atoms with Gasteiger partial charge >= 0.3 is 0 Å². The van der Waals surface area contributed by atoms with Gasteiger partial charge in [0.05, 0.1) is 11.4 Å². The van der Waals surface area contributed by atoms with Crippen molar-refractivity contribution in [1.82, 2.24) is 14.9 Å². The second-order valence-electron chi connectivity index (χ2n) is 5.63. The Morgan fingerprint density at radius 3 is 2.75 bits per heavy atom. The van der Waals surface area contributed by atoms with Crippen LogP contribution in [0.3, 0.4) is 0 Å². The van der Waals surface area contributed by atoms with Crippen molar-refractivity contribution in [3.63, 3.8) is 0 Å². The Balaban J connectivity index is 1.65. The quantitative estimate of drug-likeness (QED) is 0.855. The van der Waals surface area contributed by atoms with E-state index in [9.17, 15) is 0 Å². The van der Waals surface area contributed by atoms with E-state index in [4.69, 9.17) is 0 Å². The highest BCUT2D eigenvalue weighted by molar-refractivity contribution is 5.20. The second-order valence-corrected chi connectivity index (χ2v) is 5.63. The summed E-state index contributed by atoms with van der Waals surface area (Å²) in [5.74, 6) is 0.656. The molecule has 1 atom stereocenters. The molecule has 3 heteroatoms. The lowest BCUT2D eigenvalue weighted by molar-refractivity contribution is 0.198. The van der Waals surface area contributed by atoms with Crippen LogP contribution in [0, 0.1) is 6.92 Å². The lowest BCUT2D eigenvalue weighted by Gasteiger charge is -2.32. The molecule has 3 rings (SSSR count). The Morgan fingerprint density at radius 1 is 1.15 bits per heavy atom. The number of rotatable bonds is 3. The number of aromatic nitrogens is 2. The molecule has 2 aromatic rings. The normalized spacial score (nSPS) is 19.9. The van der Waals surface area contributed by atoms with E-state index in [0.29, 0.717) is 5.92 Å². The van der Waals surface area contributed by atoms with E-state index in [1.54, 1.807) is 0 Å². The summed E-state index contributed by atoms with van der Waals surface area (Å²) in [5, 5.41) is 0. The molecule has 0 saturated carbocycles. The monoisotopic (exact) mass is 267 g/mol. The molecule has 1 saturated heterocycles. The number of hydrogen-bond donors (Lipinski definition) is 0. The van der Waals surface area contributed by atoms with E-state index in [1.165, 1.54) is 24.9 Å². The van der Waals surface area contributed by atoms with Gasteiger partial charge in [0.25, 0.3) is 0 Å². The molecule has 2 heterocycles. The number of nitrogens with zero attached hydrogens (tertiary/aromatic N) is 3. The van der Waals surface area contributed by atoms with Gasteiger partial charge in [-0.1, -0.05) is 30.3 Å². The molecule has 104 valence electrons. The molecule has 0 N–H and O–H groups in total. The van der Waals surface area contributed by atoms with Crippen LogP contribution >= 0.6 is 0 Å². The molecule has 1 unspecified atom stereocenters. The molecular weight excluding hydrogens is 246 g/mol. The number of hydrogen-bond acceptors (Lipinski definition) is 3. The van der Waals surface area contributed by atoms with Crippen LogP contribution in [-0.2, 0) is 6.54 Å². The minimum atomic E-state index is 0.656. The van der Waals surface area contributed by atoms with Crippen molar-refractivity contribution in [2.75, 3.05) is 13.1 Å². The lowest BCUT2D eigenvalue weighted by atomic mass is 9.90. The van der Waals surface area contributed by atoms with Crippen LogP contribution in [-0.4, -0.2) is 28.0 Å². The molecule has 0 spiro atoms. The summed E-state index contributed by atoms with van der Waals surface area (Å²) < 4.78 is 0. The molecule has 0 aliphatic carbocycles. The van der Waals surface area contributed by atoms with Crippen molar-refractivity contribution < 1.29 is 0 Å². The lowest BCUT2D eigenvalue weighted by Crippen LogP contribution is -2.34. The van der Waals surface area contributed by atoms with E-state index < -0.39 is 0 Å². The predicted molar refractivity (Wildman–Crippen MR) is 80.5 cm³/mol. The van der Waals surface area contributed by atoms with Gasteiger partial charge < -0.3 is 0 Å². The average molecular weight is 267 g/mol. The molecule has 0 bridgehead atoms. The maximum absolute atomic E-state index is 4.47. The molecule has 0 radical (unpaired) electrons. The summed E-state index contributed by atoms with van der Waals surface area (Å²) in [6.45, 7) is 5.18. The molecule has 0 amide bonds. The van der Waals surface area contributed by atoms with Gasteiger partial charge in [0.15, 0.2) is 0 Å². The molecular formula is C17H21N3. The number of likely N-dealkylation sites (tertiary alicyclic amines) is 1. The summed E-state index contributed by atoms with van der Waals surface area (Å²) in [6, 6.07) is 10.9. The van der Waals surface area contributed by atoms with Gasteiger partial charge in [0.2, 0.25) is 0 Å². The van der Waals surface area contributed by atoms with Crippen molar-refractivity contribution >= 4 is 0 Å². The average Bonchev–Trinajstić information content (AvgIpc) is 2.51. The Kier molecular flexibility index (Phi) is 4.07. The van der Waals surface area contributed by atoms with Gasteiger partial charge in [0, 0.05) is 25.5 Å². The molecule has 1 aromatic heterocycles. The second kappa shape index (κ2) is 6.14. The first-order chi connectivity index (χ1) is 9.81. The van der Waals surface area contributed by atoms with E-state index in [-0.39, 0.29) is 0 Å². The number of benzene rings is 1. The maximum Gasteiger partial charge on any atom is 0.0727 e. The summed E-state index contributed by atoms with van der Waals surface area (Å²) in [5.41, 5.74) is 3.52. The van der Waals surface area contributed by atoms with Gasteiger partial charge in [-0.25, -0.2) is 0 Å². The minimum absolute atomic E-state index is 0.656. The third-order valence-corrected chi connectivity index (χ3v) is 4.00. The van der Waals surface area contributed by atoms with E-state index >= 15 is 0 Å². The van der Waals surface area contributed by atoms with Gasteiger partial charge in [-0.3, -0.25) is 14.9 Å². The first-order valence-corrected chi connectivity index (χ1v) is 7.36. The van der Waals surface area contributed by atoms with Gasteiger partial charge in [-0.15, -0.1) is 0 Å². The van der Waals surface area contributed by atoms with Crippen LogP contribution in [0.2, 0.25) is 0 Å². The highest BCUT2D eigenvalue weighted by Gasteiger charge is 2.21. The summed E-state index contributed by atoms with van der Waals surface area (Å²) in [4.78, 5) is 11.3. The highest BCUT2D eigenvalue weighted by atomic mass is 15.1. The molecule has 1 aromatic carbocycles. The van der Waals surface area contributed by atoms with Crippen LogP contribution in [0.1, 0.15) is 35.7 Å². The first kappa shape index (κ1) is 13.3. The Labute approximate surface area is 120 Å². The van der Waals surface area contributed by atoms with E-state index in [1.807, 2.05) is 19.3 Å². The maximum atomic E-state index is 4.47. The summed E-state index contributed by atoms with van der Waals surface area (Å²) in [6.07, 6.45) is 6.31. The van der Waals surface area contributed by atoms with E-state index in [2.05, 4.69) is 45.2 Å². The number of aryl methyl sites for hydroxylation is 1. The van der Waals surface area contributed by atoms with Crippen LogP contribution in [0.5, 0.6) is 0 Å². The third-order valence-electron chi connectivity index (χ3n) is 4.00. The highest BCUT2D eigenvalue weighted by Crippen LogP contribution is 2.27. The largest absolute Gasteiger partial charge is 0.297 e. The first-order valence-electron chi connectivity index (χ1n) is 7.36. The fraction of sp³-hybridized carbons (Fsp3) is 0.412. The zero-order valence-corrected chi connectivity index (χ0v) is 12.0. The Hall–Kier alpha value is -1.74. The zero-order chi connectivity index (χ0) is 13.8. The smallest absolute Gasteiger partial charge is 0.0727 e. The van der Waals surface area contributed by atoms with Gasteiger partial charge in [-0.2, -0.15) is 0 Å². The van der Waals surface area contributed by atoms with Crippen LogP contribution in [0.4, 0.5) is 0 Å². The van der Waals surface area contributed by atoms with Crippen molar-refractivity contribution in [2.45, 2.75) is 32.2 Å². The van der Waals surface area contributed by atoms with Gasteiger partial charge in [-0.05, 0) is 37.8 Å². The Bertz CT molecular complexity index is 536. The third kappa shape index (κ3) is 3.23. The fourth-order valence-corrected chi connectivity index (χ4v) is 2.93. The molecule has 1 fully saturated rings. The standard InChI is InChI=1S/C17H21N3/c1-14-10-19-17(11-18-14)13-20-9-5-8-16(12-20)15-6-3-2-4-7-15/h2-4,6-7,10-11,16H,5,8-9,12-13H2,1H3. The molecule has 1 aliphatic heterocycles. The molecule has 1 aliphatic rings. The Morgan fingerprint density at radius 2 is 2.00 bits per heavy atom. The van der Waals surface area contributed by atoms with Crippen molar-refractivity contribution in [3.8, 4) is 0 Å². The van der Waals surface area contributed by atoms with Gasteiger partial charge in [0.1, 0.15) is 0 Å². The van der Waals surface area contributed by atoms with Crippen molar-refractivity contribution in [1.29, 1.82) is 0 Å². The van der Waals surface area contributed by atoms with Crippen LogP contribution in [0.15, 0.2) is 42.7 Å². The van der Waals surface area contributed by atoms with Crippen LogP contribution in [0.25, 0.3) is 0 Å². The van der Waals surface area contributed by atoms with Crippen molar-refractivity contribution in [3.05, 3.63) is 59.7 Å². The SMILES string of the molecule is Cc1cnc(CN2CCCC(c3ccccc3)C2)cn1.